The van der Waals surface area contributed by atoms with Crippen LogP contribution in [0.5, 0.6) is 0 Å². The molecule has 0 unspecified atom stereocenters. The molecule has 0 bridgehead atoms. The number of hydrogen-bond donors (Lipinski definition) is 2. The number of ketones is 1. The summed E-state index contributed by atoms with van der Waals surface area (Å²) in [5, 5.41) is 18.5. The van der Waals surface area contributed by atoms with E-state index in [-0.39, 0.29) is 5.56 Å². The summed E-state index contributed by atoms with van der Waals surface area (Å²) in [6.07, 6.45) is 0. The van der Waals surface area contributed by atoms with Crippen LogP contribution >= 0.6 is 11.6 Å². The Bertz CT molecular complexity index is 394. The second kappa shape index (κ2) is 4.00. The van der Waals surface area contributed by atoms with Crippen LogP contribution < -0.4 is 0 Å². The van der Waals surface area contributed by atoms with Gasteiger partial charge in [-0.2, -0.15) is 0 Å². The number of aliphatic hydroxyl groups is 1. The smallest absolute Gasteiger partial charge is 0.343 e. The maximum atomic E-state index is 11.5. The molecule has 2 N–H and O–H groups in total. The van der Waals surface area contributed by atoms with E-state index in [2.05, 4.69) is 0 Å². The van der Waals surface area contributed by atoms with Gasteiger partial charge in [0.2, 0.25) is 11.4 Å². The number of rotatable bonds is 3. The summed E-state index contributed by atoms with van der Waals surface area (Å²) >= 11 is 5.60. The predicted octanol–water partition coefficient (Wildman–Crippen LogP) is 1.36. The molecule has 0 heterocycles. The Morgan fingerprint density at radius 3 is 2.13 bits per heavy atom. The maximum Gasteiger partial charge on any atom is 0.343 e. The molecule has 15 heavy (non-hydrogen) atoms. The lowest BCUT2D eigenvalue weighted by Gasteiger charge is -2.15. The fourth-order valence-corrected chi connectivity index (χ4v) is 1.11. The Balaban J connectivity index is 3.05. The topological polar surface area (TPSA) is 74.6 Å². The molecule has 0 amide bonds. The van der Waals surface area contributed by atoms with Crippen LogP contribution in [0.2, 0.25) is 5.02 Å². The summed E-state index contributed by atoms with van der Waals surface area (Å²) in [7, 11) is 0. The summed E-state index contributed by atoms with van der Waals surface area (Å²) in [6, 6.07) is 5.63. The number of Topliss-reactive ketones (excluding diaryl/α,β-unsaturated/α-hetero) is 1. The number of carbonyl (C=O) groups is 2. The fourth-order valence-electron chi connectivity index (χ4n) is 0.979. The Morgan fingerprint density at radius 1 is 1.27 bits per heavy atom. The SMILES string of the molecule is C[C@@](O)(C(=O)O)C(=O)c1ccc(Cl)cc1. The molecule has 0 saturated heterocycles. The van der Waals surface area contributed by atoms with Gasteiger partial charge >= 0.3 is 5.97 Å². The molecule has 5 heteroatoms. The van der Waals surface area contributed by atoms with Gasteiger partial charge in [0.1, 0.15) is 0 Å². The van der Waals surface area contributed by atoms with E-state index in [4.69, 9.17) is 16.7 Å². The van der Waals surface area contributed by atoms with Crippen molar-refractivity contribution in [1.82, 2.24) is 0 Å². The lowest BCUT2D eigenvalue weighted by molar-refractivity contribution is -0.151. The monoisotopic (exact) mass is 228 g/mol. The van der Waals surface area contributed by atoms with E-state index in [9.17, 15) is 14.7 Å². The summed E-state index contributed by atoms with van der Waals surface area (Å²) in [5.74, 6) is -2.45. The molecule has 0 aliphatic carbocycles. The highest BCUT2D eigenvalue weighted by atomic mass is 35.5. The van der Waals surface area contributed by atoms with Crippen molar-refractivity contribution < 1.29 is 19.8 Å². The van der Waals surface area contributed by atoms with Crippen LogP contribution in [0.15, 0.2) is 24.3 Å². The van der Waals surface area contributed by atoms with Crippen molar-refractivity contribution in [2.24, 2.45) is 0 Å². The quantitative estimate of drug-likeness (QED) is 0.605. The number of carboxylic acids is 1. The average molecular weight is 229 g/mol. The van der Waals surface area contributed by atoms with E-state index in [0.717, 1.165) is 6.92 Å². The number of carbonyl (C=O) groups excluding carboxylic acids is 1. The minimum Gasteiger partial charge on any atom is -0.479 e. The Morgan fingerprint density at radius 2 is 1.73 bits per heavy atom. The molecule has 0 spiro atoms. The van der Waals surface area contributed by atoms with E-state index < -0.39 is 17.4 Å². The summed E-state index contributed by atoms with van der Waals surface area (Å²) < 4.78 is 0. The van der Waals surface area contributed by atoms with Crippen LogP contribution in [-0.4, -0.2) is 27.6 Å². The van der Waals surface area contributed by atoms with Crippen LogP contribution in [0.4, 0.5) is 0 Å². The maximum absolute atomic E-state index is 11.5. The van der Waals surface area contributed by atoms with Crippen LogP contribution in [0.1, 0.15) is 17.3 Å². The predicted molar refractivity (Wildman–Crippen MR) is 54.0 cm³/mol. The highest BCUT2D eigenvalue weighted by molar-refractivity contribution is 6.30. The zero-order valence-electron chi connectivity index (χ0n) is 7.90. The van der Waals surface area contributed by atoms with Gasteiger partial charge in [0, 0.05) is 10.6 Å². The van der Waals surface area contributed by atoms with Gasteiger partial charge < -0.3 is 10.2 Å². The van der Waals surface area contributed by atoms with Crippen LogP contribution in [-0.2, 0) is 4.79 Å². The molecule has 0 radical (unpaired) electrons. The van der Waals surface area contributed by atoms with Gasteiger partial charge in [-0.3, -0.25) is 4.79 Å². The molecular formula is C10H9ClO4. The summed E-state index contributed by atoms with van der Waals surface area (Å²) in [6.45, 7) is 0.937. The first-order chi connectivity index (χ1) is 6.85. The highest BCUT2D eigenvalue weighted by Crippen LogP contribution is 2.16. The number of halogens is 1. The van der Waals surface area contributed by atoms with Gasteiger partial charge in [-0.1, -0.05) is 11.6 Å². The van der Waals surface area contributed by atoms with E-state index >= 15 is 0 Å². The van der Waals surface area contributed by atoms with Crippen molar-refractivity contribution in [3.63, 3.8) is 0 Å². The molecule has 1 aromatic carbocycles. The second-order valence-corrected chi connectivity index (χ2v) is 3.65. The molecular weight excluding hydrogens is 220 g/mol. The van der Waals surface area contributed by atoms with Crippen LogP contribution in [0.3, 0.4) is 0 Å². The largest absolute Gasteiger partial charge is 0.479 e. The second-order valence-electron chi connectivity index (χ2n) is 3.21. The molecule has 0 aliphatic heterocycles. The third kappa shape index (κ3) is 2.34. The standard InChI is InChI=1S/C10H9ClO4/c1-10(15,9(13)14)8(12)6-2-4-7(11)5-3-6/h2-5,15H,1H3,(H,13,14)/t10-/m0/s1. The molecule has 1 aromatic rings. The first kappa shape index (κ1) is 11.7. The molecule has 1 atom stereocenters. The molecule has 0 aromatic heterocycles. The van der Waals surface area contributed by atoms with Crippen LogP contribution in [0, 0.1) is 0 Å². The Labute approximate surface area is 91.1 Å². The molecule has 0 fully saturated rings. The van der Waals surface area contributed by atoms with E-state index in [0.29, 0.717) is 5.02 Å². The van der Waals surface area contributed by atoms with Gasteiger partial charge in [0.05, 0.1) is 0 Å². The van der Waals surface area contributed by atoms with Crippen molar-refractivity contribution in [1.29, 1.82) is 0 Å². The van der Waals surface area contributed by atoms with Gasteiger partial charge in [-0.15, -0.1) is 0 Å². The third-order valence-corrected chi connectivity index (χ3v) is 2.22. The fraction of sp³-hybridized carbons (Fsp3) is 0.200. The molecule has 0 aliphatic rings. The lowest BCUT2D eigenvalue weighted by Crippen LogP contribution is -2.43. The molecule has 0 saturated carbocycles. The summed E-state index contributed by atoms with van der Waals surface area (Å²) in [4.78, 5) is 22.2. The van der Waals surface area contributed by atoms with Crippen molar-refractivity contribution in [2.45, 2.75) is 12.5 Å². The van der Waals surface area contributed by atoms with Gasteiger partial charge in [-0.25, -0.2) is 4.79 Å². The van der Waals surface area contributed by atoms with Crippen molar-refractivity contribution >= 4 is 23.4 Å². The summed E-state index contributed by atoms with van der Waals surface area (Å²) in [5.41, 5.74) is -2.31. The first-order valence-electron chi connectivity index (χ1n) is 4.12. The minimum atomic E-state index is -2.41. The van der Waals surface area contributed by atoms with E-state index in [1.807, 2.05) is 0 Å². The average Bonchev–Trinajstić information content (AvgIpc) is 2.17. The molecule has 1 rings (SSSR count). The number of benzene rings is 1. The van der Waals surface area contributed by atoms with Gasteiger partial charge in [-0.05, 0) is 31.2 Å². The van der Waals surface area contributed by atoms with Crippen molar-refractivity contribution in [3.05, 3.63) is 34.9 Å². The first-order valence-corrected chi connectivity index (χ1v) is 4.49. The lowest BCUT2D eigenvalue weighted by atomic mass is 9.95. The number of hydrogen-bond acceptors (Lipinski definition) is 3. The minimum absolute atomic E-state index is 0.104. The van der Waals surface area contributed by atoms with E-state index in [1.54, 1.807) is 0 Å². The van der Waals surface area contributed by atoms with Crippen molar-refractivity contribution in [2.75, 3.05) is 0 Å². The third-order valence-electron chi connectivity index (χ3n) is 1.96. The molecule has 80 valence electrons. The van der Waals surface area contributed by atoms with Crippen molar-refractivity contribution in [3.8, 4) is 0 Å². The molecule has 4 nitrogen and oxygen atoms in total. The zero-order chi connectivity index (χ0) is 11.6. The normalized spacial score (nSPS) is 14.3. The van der Waals surface area contributed by atoms with Gasteiger partial charge in [0.25, 0.3) is 0 Å². The Hall–Kier alpha value is -1.39. The van der Waals surface area contributed by atoms with E-state index in [1.165, 1.54) is 24.3 Å². The zero-order valence-corrected chi connectivity index (χ0v) is 8.65. The number of aliphatic carboxylic acids is 1. The Kier molecular flexibility index (Phi) is 3.12. The van der Waals surface area contributed by atoms with Gasteiger partial charge in [0.15, 0.2) is 0 Å². The number of carboxylic acid groups (broad SMARTS) is 1. The highest BCUT2D eigenvalue weighted by Gasteiger charge is 2.39. The van der Waals surface area contributed by atoms with Crippen LogP contribution in [0.25, 0.3) is 0 Å².